The Morgan fingerprint density at radius 2 is 1.81 bits per heavy atom. The van der Waals surface area contributed by atoms with Crippen molar-refractivity contribution in [3.63, 3.8) is 0 Å². The zero-order valence-corrected chi connectivity index (χ0v) is 12.8. The van der Waals surface area contributed by atoms with Crippen molar-refractivity contribution in [2.24, 2.45) is 0 Å². The van der Waals surface area contributed by atoms with Gasteiger partial charge in [-0.1, -0.05) is 46.3 Å². The lowest BCUT2D eigenvalue weighted by molar-refractivity contribution is 0.102. The molecule has 0 saturated heterocycles. The Kier molecular flexibility index (Phi) is 3.97. The van der Waals surface area contributed by atoms with Crippen molar-refractivity contribution in [1.82, 2.24) is 4.98 Å². The number of alkyl halides is 1. The van der Waals surface area contributed by atoms with Crippen LogP contribution in [0, 0.1) is 0 Å². The van der Waals surface area contributed by atoms with Crippen molar-refractivity contribution in [2.45, 2.75) is 5.33 Å². The summed E-state index contributed by atoms with van der Waals surface area (Å²) in [6.07, 6.45) is 1.72. The highest BCUT2D eigenvalue weighted by Crippen LogP contribution is 2.21. The first-order valence-corrected chi connectivity index (χ1v) is 7.70. The summed E-state index contributed by atoms with van der Waals surface area (Å²) in [6.45, 7) is 0. The summed E-state index contributed by atoms with van der Waals surface area (Å²) in [6, 6.07) is 17.1. The maximum atomic E-state index is 12.3. The first-order valence-electron chi connectivity index (χ1n) is 6.58. The Morgan fingerprint density at radius 3 is 2.57 bits per heavy atom. The maximum Gasteiger partial charge on any atom is 0.255 e. The monoisotopic (exact) mass is 340 g/mol. The summed E-state index contributed by atoms with van der Waals surface area (Å²) in [5.41, 5.74) is 3.29. The Morgan fingerprint density at radius 1 is 1.05 bits per heavy atom. The van der Waals surface area contributed by atoms with Gasteiger partial charge in [0.1, 0.15) is 0 Å². The molecule has 21 heavy (non-hydrogen) atoms. The maximum absolute atomic E-state index is 12.3. The molecule has 1 N–H and O–H groups in total. The van der Waals surface area contributed by atoms with Gasteiger partial charge in [0.25, 0.3) is 5.91 Å². The number of carbonyl (C=O) groups is 1. The molecule has 2 aromatic carbocycles. The van der Waals surface area contributed by atoms with Crippen LogP contribution in [0.15, 0.2) is 60.8 Å². The first kappa shape index (κ1) is 13.8. The third-order valence-electron chi connectivity index (χ3n) is 3.25. The van der Waals surface area contributed by atoms with Gasteiger partial charge in [-0.05, 0) is 29.8 Å². The largest absolute Gasteiger partial charge is 0.320 e. The van der Waals surface area contributed by atoms with Gasteiger partial charge in [0, 0.05) is 22.5 Å². The van der Waals surface area contributed by atoms with E-state index in [1.165, 1.54) is 0 Å². The van der Waals surface area contributed by atoms with E-state index in [0.717, 1.165) is 27.5 Å². The molecule has 0 radical (unpaired) electrons. The number of fused-ring (bicyclic) bond motifs is 1. The molecule has 1 heterocycles. The zero-order chi connectivity index (χ0) is 14.7. The minimum atomic E-state index is -0.130. The highest BCUT2D eigenvalue weighted by atomic mass is 79.9. The van der Waals surface area contributed by atoms with Crippen molar-refractivity contribution in [1.29, 1.82) is 0 Å². The third-order valence-corrected chi connectivity index (χ3v) is 3.90. The number of carbonyl (C=O) groups excluding carboxylic acids is 1. The van der Waals surface area contributed by atoms with Gasteiger partial charge in [-0.3, -0.25) is 9.78 Å². The molecule has 0 aliphatic heterocycles. The lowest BCUT2D eigenvalue weighted by Crippen LogP contribution is -2.12. The summed E-state index contributed by atoms with van der Waals surface area (Å²) in [5, 5.41) is 4.71. The molecular formula is C17H13BrN2O. The van der Waals surface area contributed by atoms with Gasteiger partial charge in [0.05, 0.1) is 11.2 Å². The number of benzene rings is 2. The quantitative estimate of drug-likeness (QED) is 0.718. The summed E-state index contributed by atoms with van der Waals surface area (Å²) >= 11 is 3.39. The van der Waals surface area contributed by atoms with Gasteiger partial charge in [-0.2, -0.15) is 0 Å². The molecule has 3 aromatic rings. The third kappa shape index (κ3) is 2.95. The van der Waals surface area contributed by atoms with E-state index < -0.39 is 0 Å². The number of nitrogens with zero attached hydrogens (tertiary/aromatic N) is 1. The number of nitrogens with one attached hydrogen (secondary N) is 1. The lowest BCUT2D eigenvalue weighted by atomic mass is 10.1. The molecule has 0 fully saturated rings. The lowest BCUT2D eigenvalue weighted by Gasteiger charge is -2.08. The number of amides is 1. The Balaban J connectivity index is 1.89. The van der Waals surface area contributed by atoms with Crippen LogP contribution in [-0.4, -0.2) is 10.9 Å². The molecular weight excluding hydrogens is 328 g/mol. The molecule has 0 saturated carbocycles. The van der Waals surface area contributed by atoms with Crippen LogP contribution in [0.25, 0.3) is 10.9 Å². The molecule has 3 nitrogen and oxygen atoms in total. The minimum absolute atomic E-state index is 0.130. The van der Waals surface area contributed by atoms with Crippen molar-refractivity contribution in [2.75, 3.05) is 5.32 Å². The highest BCUT2D eigenvalue weighted by molar-refractivity contribution is 9.08. The van der Waals surface area contributed by atoms with Gasteiger partial charge in [0.15, 0.2) is 0 Å². The molecule has 0 unspecified atom stereocenters. The molecule has 0 spiro atoms. The second-order valence-corrected chi connectivity index (χ2v) is 5.23. The van der Waals surface area contributed by atoms with Crippen molar-refractivity contribution in [3.8, 4) is 0 Å². The van der Waals surface area contributed by atoms with Crippen LogP contribution in [0.4, 0.5) is 5.69 Å². The number of pyridine rings is 1. The second-order valence-electron chi connectivity index (χ2n) is 4.67. The topological polar surface area (TPSA) is 42.0 Å². The number of halogens is 1. The van der Waals surface area contributed by atoms with E-state index in [0.29, 0.717) is 5.56 Å². The summed E-state index contributed by atoms with van der Waals surface area (Å²) < 4.78 is 0. The number of hydrogen-bond acceptors (Lipinski definition) is 2. The molecule has 0 atom stereocenters. The molecule has 104 valence electrons. The first-order chi connectivity index (χ1) is 10.3. The van der Waals surface area contributed by atoms with Crippen molar-refractivity contribution >= 4 is 38.4 Å². The zero-order valence-electron chi connectivity index (χ0n) is 11.2. The van der Waals surface area contributed by atoms with E-state index in [1.807, 2.05) is 54.6 Å². The van der Waals surface area contributed by atoms with Crippen molar-refractivity contribution in [3.05, 3.63) is 71.9 Å². The highest BCUT2D eigenvalue weighted by Gasteiger charge is 2.08. The number of anilines is 1. The predicted molar refractivity (Wildman–Crippen MR) is 88.8 cm³/mol. The van der Waals surface area contributed by atoms with Gasteiger partial charge in [-0.25, -0.2) is 0 Å². The van der Waals surface area contributed by atoms with Crippen LogP contribution >= 0.6 is 15.9 Å². The number of hydrogen-bond donors (Lipinski definition) is 1. The van der Waals surface area contributed by atoms with Crippen LogP contribution in [0.5, 0.6) is 0 Å². The van der Waals surface area contributed by atoms with Crippen LogP contribution in [0.1, 0.15) is 15.9 Å². The van der Waals surface area contributed by atoms with Crippen LogP contribution in [-0.2, 0) is 5.33 Å². The molecule has 1 aromatic heterocycles. The Hall–Kier alpha value is -2.20. The summed E-state index contributed by atoms with van der Waals surface area (Å²) in [5.74, 6) is -0.130. The molecule has 0 aliphatic rings. The van der Waals surface area contributed by atoms with Crippen molar-refractivity contribution < 1.29 is 4.79 Å². The number of para-hydroxylation sites is 1. The predicted octanol–water partition coefficient (Wildman–Crippen LogP) is 4.38. The summed E-state index contributed by atoms with van der Waals surface area (Å²) in [4.78, 5) is 16.6. The molecule has 1 amide bonds. The van der Waals surface area contributed by atoms with Gasteiger partial charge >= 0.3 is 0 Å². The van der Waals surface area contributed by atoms with Gasteiger partial charge in [0.2, 0.25) is 0 Å². The molecule has 0 bridgehead atoms. The molecule has 3 rings (SSSR count). The van der Waals surface area contributed by atoms with Crippen LogP contribution in [0.2, 0.25) is 0 Å². The van der Waals surface area contributed by atoms with E-state index in [2.05, 4.69) is 26.2 Å². The Bertz CT molecular complexity index is 779. The normalized spacial score (nSPS) is 10.5. The SMILES string of the molecule is O=C(Nc1cccc2cccnc12)c1ccc(CBr)cc1. The van der Waals surface area contributed by atoms with Gasteiger partial charge in [-0.15, -0.1) is 0 Å². The number of rotatable bonds is 3. The fourth-order valence-corrected chi connectivity index (χ4v) is 2.52. The van der Waals surface area contributed by atoms with E-state index in [4.69, 9.17) is 0 Å². The number of aromatic nitrogens is 1. The molecule has 4 heteroatoms. The second kappa shape index (κ2) is 6.06. The van der Waals surface area contributed by atoms with E-state index >= 15 is 0 Å². The minimum Gasteiger partial charge on any atom is -0.320 e. The fourth-order valence-electron chi connectivity index (χ4n) is 2.14. The van der Waals surface area contributed by atoms with Crippen LogP contribution in [0.3, 0.4) is 0 Å². The summed E-state index contributed by atoms with van der Waals surface area (Å²) in [7, 11) is 0. The standard InChI is InChI=1S/C17H13BrN2O/c18-11-12-6-8-14(9-7-12)17(21)20-15-5-1-3-13-4-2-10-19-16(13)15/h1-10H,11H2,(H,20,21). The fraction of sp³-hybridized carbons (Fsp3) is 0.0588. The Labute approximate surface area is 131 Å². The van der Waals surface area contributed by atoms with Crippen LogP contribution < -0.4 is 5.32 Å². The smallest absolute Gasteiger partial charge is 0.255 e. The molecule has 0 aliphatic carbocycles. The van der Waals surface area contributed by atoms with Gasteiger partial charge < -0.3 is 5.32 Å². The average Bonchev–Trinajstić information content (AvgIpc) is 2.55. The van der Waals surface area contributed by atoms with E-state index in [1.54, 1.807) is 6.20 Å². The van der Waals surface area contributed by atoms with E-state index in [-0.39, 0.29) is 5.91 Å². The van der Waals surface area contributed by atoms with E-state index in [9.17, 15) is 4.79 Å². The average molecular weight is 341 g/mol.